The maximum atomic E-state index is 12.3. The van der Waals surface area contributed by atoms with Crippen LogP contribution in [0.2, 0.25) is 0 Å². The van der Waals surface area contributed by atoms with Crippen LogP contribution in [0.3, 0.4) is 0 Å². The molecule has 0 N–H and O–H groups in total. The van der Waals surface area contributed by atoms with E-state index in [4.69, 9.17) is 0 Å². The average molecular weight is 234 g/mol. The van der Waals surface area contributed by atoms with Crippen LogP contribution in [0, 0.1) is 0 Å². The zero-order valence-corrected chi connectivity index (χ0v) is 7.83. The molecule has 1 aromatic rings. The molecule has 1 nitrogen and oxygen atoms in total. The highest BCUT2D eigenvalue weighted by Crippen LogP contribution is 3.03. The van der Waals surface area contributed by atoms with Crippen molar-refractivity contribution in [3.63, 3.8) is 0 Å². The van der Waals surface area contributed by atoms with Crippen molar-refractivity contribution >= 4 is 10.2 Å². The molecule has 0 saturated heterocycles. The summed E-state index contributed by atoms with van der Waals surface area (Å²) in [4.78, 5) is -1.99. The largest absolute Gasteiger partial charge is 0.495 e. The Hall–Kier alpha value is -0.980. The van der Waals surface area contributed by atoms with E-state index in [0.717, 1.165) is 19.2 Å². The van der Waals surface area contributed by atoms with Crippen LogP contribution in [0.15, 0.2) is 29.2 Å². The topological polar surface area (TPSA) is 9.23 Å². The first-order chi connectivity index (χ1) is 6.04. The van der Waals surface area contributed by atoms with Crippen molar-refractivity contribution in [1.82, 2.24) is 0 Å². The highest BCUT2D eigenvalue weighted by Gasteiger charge is 2.67. The quantitative estimate of drug-likeness (QED) is 0.691. The fourth-order valence-electron chi connectivity index (χ4n) is 0.937. The van der Waals surface area contributed by atoms with E-state index in [0.29, 0.717) is 6.07 Å². The van der Waals surface area contributed by atoms with E-state index in [1.165, 1.54) is 6.07 Å². The van der Waals surface area contributed by atoms with E-state index in [1.807, 2.05) is 0 Å². The summed E-state index contributed by atoms with van der Waals surface area (Å²) in [7, 11) is -8.72. The summed E-state index contributed by atoms with van der Waals surface area (Å²) in [6, 6.07) is 3.22. The van der Waals surface area contributed by atoms with Gasteiger partial charge in [-0.05, 0) is 12.1 Å². The number of methoxy groups -OCH3 is 1. The van der Waals surface area contributed by atoms with Crippen LogP contribution in [0.25, 0.3) is 0 Å². The second-order valence-electron chi connectivity index (χ2n) is 2.62. The first-order valence-electron chi connectivity index (χ1n) is 3.42. The molecule has 0 spiro atoms. The summed E-state index contributed by atoms with van der Waals surface area (Å²) in [5.74, 6) is -0.869. The molecule has 0 aliphatic carbocycles. The van der Waals surface area contributed by atoms with Crippen molar-refractivity contribution in [3.05, 3.63) is 24.3 Å². The Bertz CT molecular complexity index is 357. The van der Waals surface area contributed by atoms with Crippen LogP contribution < -0.4 is 4.74 Å². The fraction of sp³-hybridized carbons (Fsp3) is 0.143. The molecule has 0 aliphatic heterocycles. The van der Waals surface area contributed by atoms with Gasteiger partial charge < -0.3 is 4.74 Å². The Kier molecular flexibility index (Phi) is 1.85. The molecule has 0 unspecified atom stereocenters. The van der Waals surface area contributed by atoms with Gasteiger partial charge in [0.15, 0.2) is 0 Å². The summed E-state index contributed by atoms with van der Waals surface area (Å²) in [5, 5.41) is 0. The number of ether oxygens (including phenoxy) is 1. The van der Waals surface area contributed by atoms with Crippen molar-refractivity contribution in [2.24, 2.45) is 0 Å². The van der Waals surface area contributed by atoms with Crippen LogP contribution in [0.4, 0.5) is 19.4 Å². The third kappa shape index (κ3) is 2.28. The fourth-order valence-corrected chi connectivity index (χ4v) is 1.80. The summed E-state index contributed by atoms with van der Waals surface area (Å²) in [6.07, 6.45) is 0. The monoisotopic (exact) mass is 234 g/mol. The Balaban J connectivity index is 3.49. The normalized spacial score (nSPS) is 17.0. The van der Waals surface area contributed by atoms with E-state index in [9.17, 15) is 19.4 Å². The number of para-hydroxylation sites is 1. The molecule has 0 atom stereocenters. The molecule has 0 aromatic heterocycles. The maximum absolute atomic E-state index is 12.3. The molecular formula is C7H7F5OS. The van der Waals surface area contributed by atoms with E-state index in [1.54, 1.807) is 0 Å². The van der Waals surface area contributed by atoms with E-state index < -0.39 is 20.9 Å². The third-order valence-corrected chi connectivity index (χ3v) is 2.65. The summed E-state index contributed by atoms with van der Waals surface area (Å²) >= 11 is 0. The van der Waals surface area contributed by atoms with E-state index in [2.05, 4.69) is 4.74 Å². The molecule has 0 amide bonds. The highest BCUT2D eigenvalue weighted by molar-refractivity contribution is 8.45. The number of halogens is 5. The standard InChI is InChI=1S/C7H7F5OS/c1-13-6-4-2-3-5-7(6)14(8,9,10,11)12/h2-5H,1H3. The molecule has 14 heavy (non-hydrogen) atoms. The molecule has 1 rings (SSSR count). The highest BCUT2D eigenvalue weighted by atomic mass is 32.5. The Morgan fingerprint density at radius 1 is 1.00 bits per heavy atom. The predicted octanol–water partition coefficient (Wildman–Crippen LogP) is 4.35. The van der Waals surface area contributed by atoms with Gasteiger partial charge in [-0.2, -0.15) is 0 Å². The van der Waals surface area contributed by atoms with Crippen molar-refractivity contribution in [3.8, 4) is 5.75 Å². The number of rotatable bonds is 2. The van der Waals surface area contributed by atoms with Crippen LogP contribution in [0.1, 0.15) is 0 Å². The summed E-state index contributed by atoms with van der Waals surface area (Å²) < 4.78 is 65.8. The predicted molar refractivity (Wildman–Crippen MR) is 44.4 cm³/mol. The molecule has 0 radical (unpaired) electrons. The smallest absolute Gasteiger partial charge is 0.313 e. The second kappa shape index (κ2) is 2.33. The van der Waals surface area contributed by atoms with Crippen LogP contribution in [-0.4, -0.2) is 7.11 Å². The van der Waals surface area contributed by atoms with Crippen LogP contribution in [0.5, 0.6) is 5.75 Å². The van der Waals surface area contributed by atoms with Gasteiger partial charge in [0.05, 0.1) is 7.11 Å². The number of hydrogen-bond acceptors (Lipinski definition) is 1. The van der Waals surface area contributed by atoms with E-state index >= 15 is 0 Å². The lowest BCUT2D eigenvalue weighted by Crippen LogP contribution is -2.07. The minimum Gasteiger partial charge on any atom is -0.495 e. The third-order valence-electron chi connectivity index (χ3n) is 1.48. The minimum absolute atomic E-state index is 0.306. The molecule has 0 saturated carbocycles. The van der Waals surface area contributed by atoms with Gasteiger partial charge in [0.2, 0.25) is 0 Å². The SMILES string of the molecule is COc1ccccc1S(F)(F)(F)(F)F. The van der Waals surface area contributed by atoms with Crippen molar-refractivity contribution in [2.75, 3.05) is 7.11 Å². The Labute approximate surface area is 77.2 Å². The first-order valence-corrected chi connectivity index (χ1v) is 5.37. The average Bonchev–Trinajstić information content (AvgIpc) is 2.00. The minimum atomic E-state index is -9.63. The zero-order chi connectivity index (χ0) is 11.1. The summed E-state index contributed by atoms with van der Waals surface area (Å²) in [6.45, 7) is 0. The molecule has 82 valence electrons. The molecule has 7 heteroatoms. The Morgan fingerprint density at radius 3 is 1.86 bits per heavy atom. The van der Waals surface area contributed by atoms with Crippen LogP contribution >= 0.6 is 10.2 Å². The molecular weight excluding hydrogens is 227 g/mol. The number of benzene rings is 1. The summed E-state index contributed by atoms with van der Waals surface area (Å²) in [5.41, 5.74) is 0. The first kappa shape index (κ1) is 11.1. The lowest BCUT2D eigenvalue weighted by atomic mass is 10.3. The van der Waals surface area contributed by atoms with Gasteiger partial charge in [0, 0.05) is 0 Å². The molecule has 0 fully saturated rings. The van der Waals surface area contributed by atoms with E-state index in [-0.39, 0.29) is 0 Å². The van der Waals surface area contributed by atoms with Gasteiger partial charge in [-0.1, -0.05) is 31.6 Å². The Morgan fingerprint density at radius 2 is 1.50 bits per heavy atom. The van der Waals surface area contributed by atoms with Gasteiger partial charge in [-0.15, -0.1) is 0 Å². The van der Waals surface area contributed by atoms with Gasteiger partial charge in [-0.3, -0.25) is 0 Å². The van der Waals surface area contributed by atoms with Crippen molar-refractivity contribution < 1.29 is 24.2 Å². The second-order valence-corrected chi connectivity index (χ2v) is 5.00. The van der Waals surface area contributed by atoms with Gasteiger partial charge in [-0.25, -0.2) is 0 Å². The van der Waals surface area contributed by atoms with Gasteiger partial charge in [0.25, 0.3) is 0 Å². The van der Waals surface area contributed by atoms with Crippen molar-refractivity contribution in [1.29, 1.82) is 0 Å². The lowest BCUT2D eigenvalue weighted by molar-refractivity contribution is 0.344. The van der Waals surface area contributed by atoms with Gasteiger partial charge >= 0.3 is 10.2 Å². The molecule has 0 heterocycles. The molecule has 0 aliphatic rings. The maximum Gasteiger partial charge on any atom is 0.313 e. The lowest BCUT2D eigenvalue weighted by Gasteiger charge is -2.41. The van der Waals surface area contributed by atoms with Crippen molar-refractivity contribution in [2.45, 2.75) is 4.90 Å². The number of hydrogen-bond donors (Lipinski definition) is 0. The zero-order valence-electron chi connectivity index (χ0n) is 7.02. The molecule has 1 aromatic carbocycles. The molecule has 0 bridgehead atoms. The van der Waals surface area contributed by atoms with Gasteiger partial charge in [0.1, 0.15) is 10.6 Å². The van der Waals surface area contributed by atoms with Crippen LogP contribution in [-0.2, 0) is 0 Å².